The molecule has 1 amide bonds. The molecule has 8 heteroatoms. The molecule has 2 rings (SSSR count). The summed E-state index contributed by atoms with van der Waals surface area (Å²) < 4.78 is 43.6. The van der Waals surface area contributed by atoms with Crippen LogP contribution in [0.3, 0.4) is 0 Å². The summed E-state index contributed by atoms with van der Waals surface area (Å²) >= 11 is 0. The number of carbonyl (C=O) groups excluding carboxylic acids is 1. The number of nitrogens with one attached hydrogen (secondary N) is 2. The van der Waals surface area contributed by atoms with Crippen LogP contribution < -0.4 is 14.8 Å². The Bertz CT molecular complexity index is 898. The molecule has 0 unspecified atom stereocenters. The van der Waals surface area contributed by atoms with Gasteiger partial charge in [0.2, 0.25) is 10.0 Å². The van der Waals surface area contributed by atoms with Crippen molar-refractivity contribution in [3.63, 3.8) is 0 Å². The van der Waals surface area contributed by atoms with E-state index < -0.39 is 21.7 Å². The molecule has 0 spiro atoms. The van der Waals surface area contributed by atoms with E-state index in [9.17, 15) is 17.6 Å². The average molecular weight is 380 g/mol. The molecule has 0 aliphatic carbocycles. The van der Waals surface area contributed by atoms with Gasteiger partial charge in [-0.05, 0) is 41.8 Å². The van der Waals surface area contributed by atoms with Gasteiger partial charge in [-0.15, -0.1) is 0 Å². The number of hydrogen-bond donors (Lipinski definition) is 2. The summed E-state index contributed by atoms with van der Waals surface area (Å²) in [5.41, 5.74) is 1.11. The highest BCUT2D eigenvalue weighted by Crippen LogP contribution is 2.22. The number of anilines is 2. The van der Waals surface area contributed by atoms with Crippen LogP contribution in [0, 0.1) is 5.82 Å². The van der Waals surface area contributed by atoms with Gasteiger partial charge >= 0.3 is 0 Å². The number of ether oxygens (including phenoxy) is 1. The third-order valence-corrected chi connectivity index (χ3v) is 4.03. The topological polar surface area (TPSA) is 84.5 Å². The number of amides is 1. The lowest BCUT2D eigenvalue weighted by atomic mass is 10.0. The summed E-state index contributed by atoms with van der Waals surface area (Å²) in [4.78, 5) is 12.0. The first kappa shape index (κ1) is 19.7. The van der Waals surface area contributed by atoms with Crippen LogP contribution in [0.5, 0.6) is 5.75 Å². The van der Waals surface area contributed by atoms with Crippen molar-refractivity contribution in [2.24, 2.45) is 0 Å². The highest BCUT2D eigenvalue weighted by atomic mass is 32.2. The van der Waals surface area contributed by atoms with E-state index in [4.69, 9.17) is 4.74 Å². The molecular formula is C18H21FN2O4S. The van der Waals surface area contributed by atoms with Crippen molar-refractivity contribution in [3.8, 4) is 5.75 Å². The van der Waals surface area contributed by atoms with E-state index in [1.54, 1.807) is 6.07 Å². The molecule has 0 fully saturated rings. The molecule has 0 radical (unpaired) electrons. The molecule has 0 bridgehead atoms. The Hall–Kier alpha value is -2.61. The van der Waals surface area contributed by atoms with E-state index in [0.717, 1.165) is 17.9 Å². The van der Waals surface area contributed by atoms with Gasteiger partial charge in [0.25, 0.3) is 5.91 Å². The van der Waals surface area contributed by atoms with E-state index in [1.165, 1.54) is 12.1 Å². The van der Waals surface area contributed by atoms with Crippen LogP contribution in [0.1, 0.15) is 25.3 Å². The minimum absolute atomic E-state index is 0.228. The Labute approximate surface area is 152 Å². The zero-order chi connectivity index (χ0) is 19.3. The summed E-state index contributed by atoms with van der Waals surface area (Å²) in [6, 6.07) is 11.1. The Morgan fingerprint density at radius 2 is 1.92 bits per heavy atom. The largest absolute Gasteiger partial charge is 0.484 e. The lowest BCUT2D eigenvalue weighted by molar-refractivity contribution is -0.118. The lowest BCUT2D eigenvalue weighted by Gasteiger charge is -2.11. The molecule has 6 nitrogen and oxygen atoms in total. The van der Waals surface area contributed by atoms with Crippen LogP contribution in [-0.2, 0) is 14.8 Å². The van der Waals surface area contributed by atoms with Crippen molar-refractivity contribution in [2.75, 3.05) is 22.9 Å². The Kier molecular flexibility index (Phi) is 6.20. The maximum atomic E-state index is 13.6. The second-order valence-electron chi connectivity index (χ2n) is 6.13. The Morgan fingerprint density at radius 3 is 2.58 bits per heavy atom. The van der Waals surface area contributed by atoms with Gasteiger partial charge in [-0.2, -0.15) is 0 Å². The Morgan fingerprint density at radius 1 is 1.19 bits per heavy atom. The van der Waals surface area contributed by atoms with Crippen LogP contribution in [0.4, 0.5) is 15.8 Å². The summed E-state index contributed by atoms with van der Waals surface area (Å²) in [5.74, 6) is -0.274. The molecule has 0 saturated heterocycles. The fourth-order valence-electron chi connectivity index (χ4n) is 2.19. The molecule has 2 aromatic rings. The molecule has 0 heterocycles. The van der Waals surface area contributed by atoms with Crippen molar-refractivity contribution in [3.05, 3.63) is 53.8 Å². The number of benzene rings is 2. The monoisotopic (exact) mass is 380 g/mol. The maximum Gasteiger partial charge on any atom is 0.262 e. The molecule has 0 aliphatic heterocycles. The predicted octanol–water partition coefficient (Wildman–Crippen LogP) is 3.34. The highest BCUT2D eigenvalue weighted by Gasteiger charge is 2.11. The third kappa shape index (κ3) is 6.03. The average Bonchev–Trinajstić information content (AvgIpc) is 2.55. The SMILES string of the molecule is CC(C)c1cccc(OCC(=O)Nc2ccc(F)c(NS(C)(=O)=O)c2)c1. The summed E-state index contributed by atoms with van der Waals surface area (Å²) in [6.45, 7) is 3.89. The molecule has 2 N–H and O–H groups in total. The molecule has 0 saturated carbocycles. The number of rotatable bonds is 7. The molecule has 0 aromatic heterocycles. The number of carbonyl (C=O) groups is 1. The first-order chi connectivity index (χ1) is 12.1. The second-order valence-corrected chi connectivity index (χ2v) is 7.88. The van der Waals surface area contributed by atoms with Gasteiger partial charge in [-0.25, -0.2) is 12.8 Å². The lowest BCUT2D eigenvalue weighted by Crippen LogP contribution is -2.20. The van der Waals surface area contributed by atoms with Crippen LogP contribution >= 0.6 is 0 Å². The minimum atomic E-state index is -3.63. The van der Waals surface area contributed by atoms with Gasteiger partial charge in [0.1, 0.15) is 11.6 Å². The van der Waals surface area contributed by atoms with Gasteiger partial charge in [0.15, 0.2) is 6.61 Å². The van der Waals surface area contributed by atoms with Crippen LogP contribution in [0.25, 0.3) is 0 Å². The summed E-state index contributed by atoms with van der Waals surface area (Å²) in [5, 5.41) is 2.54. The first-order valence-corrected chi connectivity index (χ1v) is 9.83. The zero-order valence-corrected chi connectivity index (χ0v) is 15.6. The summed E-state index contributed by atoms with van der Waals surface area (Å²) in [6.07, 6.45) is 0.914. The molecular weight excluding hydrogens is 359 g/mol. The second kappa shape index (κ2) is 8.18. The van der Waals surface area contributed by atoms with E-state index in [0.29, 0.717) is 11.7 Å². The number of halogens is 1. The normalized spacial score (nSPS) is 11.3. The quantitative estimate of drug-likeness (QED) is 0.772. The van der Waals surface area contributed by atoms with Crippen molar-refractivity contribution in [1.82, 2.24) is 0 Å². The van der Waals surface area contributed by atoms with Gasteiger partial charge in [0, 0.05) is 5.69 Å². The zero-order valence-electron chi connectivity index (χ0n) is 14.7. The minimum Gasteiger partial charge on any atom is -0.484 e. The predicted molar refractivity (Wildman–Crippen MR) is 99.5 cm³/mol. The van der Waals surface area contributed by atoms with Crippen LogP contribution in [0.2, 0.25) is 0 Å². The first-order valence-electron chi connectivity index (χ1n) is 7.94. The van der Waals surface area contributed by atoms with E-state index in [2.05, 4.69) is 23.9 Å². The van der Waals surface area contributed by atoms with Gasteiger partial charge in [0.05, 0.1) is 11.9 Å². The van der Waals surface area contributed by atoms with E-state index >= 15 is 0 Å². The van der Waals surface area contributed by atoms with Crippen LogP contribution in [-0.4, -0.2) is 27.2 Å². The van der Waals surface area contributed by atoms with Gasteiger partial charge in [-0.3, -0.25) is 9.52 Å². The number of sulfonamides is 1. The third-order valence-electron chi connectivity index (χ3n) is 3.44. The highest BCUT2D eigenvalue weighted by molar-refractivity contribution is 7.92. The van der Waals surface area contributed by atoms with Crippen LogP contribution in [0.15, 0.2) is 42.5 Å². The smallest absolute Gasteiger partial charge is 0.262 e. The van der Waals surface area contributed by atoms with E-state index in [1.807, 2.05) is 18.2 Å². The Balaban J connectivity index is 1.99. The van der Waals surface area contributed by atoms with Crippen molar-refractivity contribution in [1.29, 1.82) is 0 Å². The van der Waals surface area contributed by atoms with Gasteiger partial charge < -0.3 is 10.1 Å². The van der Waals surface area contributed by atoms with Crippen molar-refractivity contribution < 1.29 is 22.3 Å². The molecule has 140 valence electrons. The van der Waals surface area contributed by atoms with Crippen molar-refractivity contribution in [2.45, 2.75) is 19.8 Å². The summed E-state index contributed by atoms with van der Waals surface area (Å²) in [7, 11) is -3.63. The fraction of sp³-hybridized carbons (Fsp3) is 0.278. The number of hydrogen-bond acceptors (Lipinski definition) is 4. The fourth-order valence-corrected chi connectivity index (χ4v) is 2.75. The van der Waals surface area contributed by atoms with Crippen molar-refractivity contribution >= 4 is 27.3 Å². The standard InChI is InChI=1S/C18H21FN2O4S/c1-12(2)13-5-4-6-15(9-13)25-11-18(22)20-14-7-8-16(19)17(10-14)21-26(3,23)24/h4-10,12,21H,11H2,1-3H3,(H,20,22). The molecule has 0 aliphatic rings. The van der Waals surface area contributed by atoms with E-state index in [-0.39, 0.29) is 18.0 Å². The maximum absolute atomic E-state index is 13.6. The molecule has 2 aromatic carbocycles. The molecule has 0 atom stereocenters. The molecule has 26 heavy (non-hydrogen) atoms. The van der Waals surface area contributed by atoms with Gasteiger partial charge in [-0.1, -0.05) is 26.0 Å².